The first-order valence-corrected chi connectivity index (χ1v) is 4.94. The SMILES string of the molecule is OCCCc1c(F)ccc2c1COCO2. The highest BCUT2D eigenvalue weighted by molar-refractivity contribution is 5.41. The lowest BCUT2D eigenvalue weighted by Gasteiger charge is -2.20. The third-order valence-electron chi connectivity index (χ3n) is 2.46. The number of hydrogen-bond donors (Lipinski definition) is 1. The molecule has 82 valence electrons. The summed E-state index contributed by atoms with van der Waals surface area (Å²) < 4.78 is 23.9. The number of aliphatic hydroxyl groups is 1. The molecule has 4 heteroatoms. The Balaban J connectivity index is 2.32. The van der Waals surface area contributed by atoms with Crippen molar-refractivity contribution in [1.82, 2.24) is 0 Å². The van der Waals surface area contributed by atoms with Gasteiger partial charge in [0.05, 0.1) is 6.61 Å². The summed E-state index contributed by atoms with van der Waals surface area (Å²) in [4.78, 5) is 0. The van der Waals surface area contributed by atoms with Gasteiger partial charge in [-0.15, -0.1) is 0 Å². The molecule has 0 aliphatic carbocycles. The van der Waals surface area contributed by atoms with Crippen molar-refractivity contribution in [3.05, 3.63) is 29.1 Å². The van der Waals surface area contributed by atoms with Gasteiger partial charge < -0.3 is 14.6 Å². The van der Waals surface area contributed by atoms with Crippen molar-refractivity contribution in [2.75, 3.05) is 13.4 Å². The van der Waals surface area contributed by atoms with Gasteiger partial charge in [0.25, 0.3) is 0 Å². The topological polar surface area (TPSA) is 38.7 Å². The molecule has 0 unspecified atom stereocenters. The van der Waals surface area contributed by atoms with Gasteiger partial charge >= 0.3 is 0 Å². The molecule has 1 aliphatic rings. The molecule has 0 aromatic heterocycles. The molecule has 0 saturated heterocycles. The van der Waals surface area contributed by atoms with Gasteiger partial charge in [0.1, 0.15) is 11.6 Å². The normalized spacial score (nSPS) is 14.5. The average molecular weight is 212 g/mol. The van der Waals surface area contributed by atoms with Gasteiger partial charge in [-0.1, -0.05) is 0 Å². The van der Waals surface area contributed by atoms with Crippen LogP contribution in [-0.2, 0) is 17.8 Å². The van der Waals surface area contributed by atoms with Gasteiger partial charge in [0.15, 0.2) is 6.79 Å². The van der Waals surface area contributed by atoms with Gasteiger partial charge in [0, 0.05) is 12.2 Å². The molecule has 1 heterocycles. The second-order valence-corrected chi connectivity index (χ2v) is 3.44. The first kappa shape index (κ1) is 10.4. The molecule has 0 radical (unpaired) electrons. The lowest BCUT2D eigenvalue weighted by Crippen LogP contribution is -2.14. The maximum absolute atomic E-state index is 13.5. The number of aliphatic hydroxyl groups excluding tert-OH is 1. The monoisotopic (exact) mass is 212 g/mol. The van der Waals surface area contributed by atoms with E-state index in [1.54, 1.807) is 6.07 Å². The fourth-order valence-corrected chi connectivity index (χ4v) is 1.71. The molecular weight excluding hydrogens is 199 g/mol. The minimum atomic E-state index is -0.253. The fourth-order valence-electron chi connectivity index (χ4n) is 1.71. The zero-order valence-electron chi connectivity index (χ0n) is 8.33. The van der Waals surface area contributed by atoms with E-state index in [1.165, 1.54) is 6.07 Å². The molecule has 3 nitrogen and oxygen atoms in total. The largest absolute Gasteiger partial charge is 0.467 e. The third-order valence-corrected chi connectivity index (χ3v) is 2.46. The quantitative estimate of drug-likeness (QED) is 0.827. The number of ether oxygens (including phenoxy) is 2. The zero-order valence-corrected chi connectivity index (χ0v) is 8.33. The number of rotatable bonds is 3. The summed E-state index contributed by atoms with van der Waals surface area (Å²) in [6.45, 7) is 0.663. The maximum atomic E-state index is 13.5. The Bertz CT molecular complexity index is 352. The molecule has 0 amide bonds. The molecule has 2 rings (SSSR count). The van der Waals surface area contributed by atoms with Crippen LogP contribution in [0.5, 0.6) is 5.75 Å². The summed E-state index contributed by atoms with van der Waals surface area (Å²) in [5, 5.41) is 8.74. The Labute approximate surface area is 87.4 Å². The molecule has 15 heavy (non-hydrogen) atoms. The van der Waals surface area contributed by atoms with Crippen LogP contribution in [0.3, 0.4) is 0 Å². The van der Waals surface area contributed by atoms with E-state index < -0.39 is 0 Å². The molecule has 1 aromatic rings. The highest BCUT2D eigenvalue weighted by atomic mass is 19.1. The van der Waals surface area contributed by atoms with Crippen LogP contribution in [-0.4, -0.2) is 18.5 Å². The Morgan fingerprint density at radius 2 is 2.27 bits per heavy atom. The predicted molar refractivity (Wildman–Crippen MR) is 52.1 cm³/mol. The summed E-state index contributed by atoms with van der Waals surface area (Å²) in [5.74, 6) is 0.437. The molecular formula is C11H13FO3. The molecule has 0 spiro atoms. The van der Waals surface area contributed by atoms with Crippen LogP contribution in [0.25, 0.3) is 0 Å². The fraction of sp³-hybridized carbons (Fsp3) is 0.455. The Morgan fingerprint density at radius 1 is 1.40 bits per heavy atom. The lowest BCUT2D eigenvalue weighted by molar-refractivity contribution is -0.0171. The summed E-state index contributed by atoms with van der Waals surface area (Å²) >= 11 is 0. The van der Waals surface area contributed by atoms with E-state index in [0.29, 0.717) is 30.8 Å². The smallest absolute Gasteiger partial charge is 0.189 e. The van der Waals surface area contributed by atoms with Crippen molar-refractivity contribution in [1.29, 1.82) is 0 Å². The highest BCUT2D eigenvalue weighted by Crippen LogP contribution is 2.29. The van der Waals surface area contributed by atoms with Gasteiger partial charge in [-0.2, -0.15) is 0 Å². The van der Waals surface area contributed by atoms with Crippen molar-refractivity contribution in [2.24, 2.45) is 0 Å². The first-order valence-electron chi connectivity index (χ1n) is 4.94. The van der Waals surface area contributed by atoms with Crippen LogP contribution in [0, 0.1) is 5.82 Å². The zero-order chi connectivity index (χ0) is 10.7. The first-order chi connectivity index (χ1) is 7.33. The molecule has 0 bridgehead atoms. The Morgan fingerprint density at radius 3 is 3.07 bits per heavy atom. The van der Waals surface area contributed by atoms with Gasteiger partial charge in [0.2, 0.25) is 0 Å². The number of hydrogen-bond acceptors (Lipinski definition) is 3. The molecule has 1 aliphatic heterocycles. The lowest BCUT2D eigenvalue weighted by atomic mass is 10.0. The number of benzene rings is 1. The van der Waals surface area contributed by atoms with Crippen LogP contribution in [0.4, 0.5) is 4.39 Å². The third kappa shape index (κ3) is 2.11. The minimum absolute atomic E-state index is 0.0603. The van der Waals surface area contributed by atoms with Crippen LogP contribution in [0.15, 0.2) is 12.1 Å². The molecule has 0 saturated carbocycles. The van der Waals surface area contributed by atoms with Crippen LogP contribution < -0.4 is 4.74 Å². The summed E-state index contributed by atoms with van der Waals surface area (Å²) in [6, 6.07) is 3.02. The number of halogens is 1. The standard InChI is InChI=1S/C11H13FO3/c12-10-3-4-11-9(6-14-7-15-11)8(10)2-1-5-13/h3-4,13H,1-2,5-7H2. The van der Waals surface area contributed by atoms with Crippen LogP contribution in [0.1, 0.15) is 17.5 Å². The van der Waals surface area contributed by atoms with Crippen molar-refractivity contribution in [3.8, 4) is 5.75 Å². The average Bonchev–Trinajstić information content (AvgIpc) is 2.28. The van der Waals surface area contributed by atoms with E-state index in [0.717, 1.165) is 5.56 Å². The second kappa shape index (κ2) is 4.59. The van der Waals surface area contributed by atoms with Crippen molar-refractivity contribution >= 4 is 0 Å². The summed E-state index contributed by atoms with van der Waals surface area (Å²) in [6.07, 6.45) is 1.06. The molecule has 1 N–H and O–H groups in total. The predicted octanol–water partition coefficient (Wildman–Crippen LogP) is 1.62. The van der Waals surface area contributed by atoms with E-state index in [4.69, 9.17) is 14.6 Å². The van der Waals surface area contributed by atoms with Crippen molar-refractivity contribution in [2.45, 2.75) is 19.4 Å². The van der Waals surface area contributed by atoms with Crippen LogP contribution >= 0.6 is 0 Å². The van der Waals surface area contributed by atoms with Gasteiger partial charge in [-0.25, -0.2) is 4.39 Å². The maximum Gasteiger partial charge on any atom is 0.189 e. The summed E-state index contributed by atoms with van der Waals surface area (Å²) in [7, 11) is 0. The van der Waals surface area contributed by atoms with Crippen LogP contribution in [0.2, 0.25) is 0 Å². The Hall–Kier alpha value is -1.13. The van der Waals surface area contributed by atoms with Crippen molar-refractivity contribution < 1.29 is 19.0 Å². The van der Waals surface area contributed by atoms with E-state index in [2.05, 4.69) is 0 Å². The second-order valence-electron chi connectivity index (χ2n) is 3.44. The molecule has 0 fully saturated rings. The highest BCUT2D eigenvalue weighted by Gasteiger charge is 2.17. The van der Waals surface area contributed by atoms with Gasteiger partial charge in [-0.3, -0.25) is 0 Å². The summed E-state index contributed by atoms with van der Waals surface area (Å²) in [5.41, 5.74) is 1.37. The molecule has 0 atom stereocenters. The van der Waals surface area contributed by atoms with Gasteiger partial charge in [-0.05, 0) is 30.5 Å². The minimum Gasteiger partial charge on any atom is -0.467 e. The Kier molecular flexibility index (Phi) is 3.18. The van der Waals surface area contributed by atoms with E-state index in [9.17, 15) is 4.39 Å². The number of fused-ring (bicyclic) bond motifs is 1. The van der Waals surface area contributed by atoms with Crippen molar-refractivity contribution in [3.63, 3.8) is 0 Å². The van der Waals surface area contributed by atoms with E-state index in [1.807, 2.05) is 0 Å². The van der Waals surface area contributed by atoms with E-state index in [-0.39, 0.29) is 19.2 Å². The molecule has 1 aromatic carbocycles. The van der Waals surface area contributed by atoms with E-state index >= 15 is 0 Å².